The maximum atomic E-state index is 10.1. The minimum absolute atomic E-state index is 0.0781. The van der Waals surface area contributed by atoms with E-state index in [1.165, 1.54) is 0 Å². The van der Waals surface area contributed by atoms with Crippen molar-refractivity contribution < 1.29 is 18.8 Å². The van der Waals surface area contributed by atoms with E-state index in [1.54, 1.807) is 25.7 Å². The van der Waals surface area contributed by atoms with Gasteiger partial charge in [0, 0.05) is 12.6 Å². The maximum Gasteiger partial charge on any atom is 0.241 e. The predicted molar refractivity (Wildman–Crippen MR) is 88.8 cm³/mol. The van der Waals surface area contributed by atoms with Crippen molar-refractivity contribution in [3.63, 3.8) is 0 Å². The van der Waals surface area contributed by atoms with Gasteiger partial charge < -0.3 is 18.8 Å². The van der Waals surface area contributed by atoms with Crippen LogP contribution in [0.15, 0.2) is 51.8 Å². The summed E-state index contributed by atoms with van der Waals surface area (Å²) in [7, 11) is 1.65. The van der Waals surface area contributed by atoms with E-state index in [0.717, 1.165) is 16.9 Å². The molecule has 1 aliphatic heterocycles. The zero-order valence-corrected chi connectivity index (χ0v) is 13.8. The number of aliphatic hydroxyl groups is 1. The van der Waals surface area contributed by atoms with Gasteiger partial charge in [-0.15, -0.1) is 0 Å². The topological polar surface area (TPSA) is 84.8 Å². The first kappa shape index (κ1) is 15.9. The van der Waals surface area contributed by atoms with E-state index in [0.29, 0.717) is 31.2 Å². The summed E-state index contributed by atoms with van der Waals surface area (Å²) in [6.45, 7) is 1.04. The Balaban J connectivity index is 1.54. The number of hydrogen-bond donors (Lipinski definition) is 1. The number of nitrogens with zero attached hydrogens (tertiary/aromatic N) is 3. The Morgan fingerprint density at radius 1 is 1.36 bits per heavy atom. The molecule has 1 aliphatic rings. The highest BCUT2D eigenvalue weighted by atomic mass is 16.5. The lowest BCUT2D eigenvalue weighted by Crippen LogP contribution is -2.24. The molecule has 1 aromatic carbocycles. The molecule has 3 aromatic rings. The number of furan rings is 1. The number of rotatable bonds is 5. The van der Waals surface area contributed by atoms with E-state index in [1.807, 2.05) is 24.3 Å². The molecule has 0 spiro atoms. The second-order valence-corrected chi connectivity index (χ2v) is 6.14. The van der Waals surface area contributed by atoms with Crippen molar-refractivity contribution in [1.82, 2.24) is 15.0 Å². The number of aliphatic hydroxyl groups excluding tert-OH is 1. The highest BCUT2D eigenvalue weighted by Crippen LogP contribution is 2.34. The van der Waals surface area contributed by atoms with Crippen molar-refractivity contribution in [2.24, 2.45) is 0 Å². The number of benzene rings is 1. The van der Waals surface area contributed by atoms with E-state index in [4.69, 9.17) is 13.7 Å². The molecule has 4 rings (SSSR count). The van der Waals surface area contributed by atoms with Gasteiger partial charge in [-0.25, -0.2) is 0 Å². The molecular formula is C18H19N3O4. The molecule has 2 aromatic heterocycles. The minimum Gasteiger partial charge on any atom is -0.497 e. The highest BCUT2D eigenvalue weighted by Gasteiger charge is 2.33. The lowest BCUT2D eigenvalue weighted by atomic mass is 10.0. The summed E-state index contributed by atoms with van der Waals surface area (Å²) in [5, 5.41) is 14.1. The van der Waals surface area contributed by atoms with Crippen molar-refractivity contribution >= 4 is 0 Å². The van der Waals surface area contributed by atoms with Crippen LogP contribution in [-0.4, -0.2) is 39.9 Å². The van der Waals surface area contributed by atoms with E-state index >= 15 is 0 Å². The summed E-state index contributed by atoms with van der Waals surface area (Å²) in [6.07, 6.45) is 3.43. The van der Waals surface area contributed by atoms with Gasteiger partial charge in [0.25, 0.3) is 0 Å². The first-order valence-electron chi connectivity index (χ1n) is 8.14. The molecule has 25 heavy (non-hydrogen) atoms. The fourth-order valence-corrected chi connectivity index (χ4v) is 3.25. The fourth-order valence-electron chi connectivity index (χ4n) is 3.25. The van der Waals surface area contributed by atoms with Gasteiger partial charge in [-0.05, 0) is 30.2 Å². The Morgan fingerprint density at radius 2 is 2.28 bits per heavy atom. The smallest absolute Gasteiger partial charge is 0.241 e. The molecule has 1 fully saturated rings. The molecule has 2 atom stereocenters. The molecule has 7 nitrogen and oxygen atoms in total. The molecule has 1 saturated heterocycles. The summed E-state index contributed by atoms with van der Waals surface area (Å²) in [6, 6.07) is 9.78. The van der Waals surface area contributed by atoms with E-state index in [2.05, 4.69) is 15.0 Å². The highest BCUT2D eigenvalue weighted by molar-refractivity contribution is 5.51. The van der Waals surface area contributed by atoms with Crippen molar-refractivity contribution in [1.29, 1.82) is 0 Å². The summed E-state index contributed by atoms with van der Waals surface area (Å²) in [4.78, 5) is 6.56. The summed E-state index contributed by atoms with van der Waals surface area (Å²) in [5.41, 5.74) is 1.88. The Hall–Kier alpha value is -2.64. The first-order chi connectivity index (χ1) is 12.2. The maximum absolute atomic E-state index is 10.1. The predicted octanol–water partition coefficient (Wildman–Crippen LogP) is 2.65. The van der Waals surface area contributed by atoms with Gasteiger partial charge >= 0.3 is 0 Å². The average Bonchev–Trinajstić information content (AvgIpc) is 3.36. The fraction of sp³-hybridized carbons (Fsp3) is 0.333. The van der Waals surface area contributed by atoms with Crippen molar-refractivity contribution in [3.05, 3.63) is 54.3 Å². The number of hydrogen-bond acceptors (Lipinski definition) is 7. The van der Waals surface area contributed by atoms with E-state index < -0.39 is 0 Å². The Labute approximate surface area is 144 Å². The van der Waals surface area contributed by atoms with Gasteiger partial charge in [-0.1, -0.05) is 17.3 Å². The van der Waals surface area contributed by atoms with Crippen LogP contribution in [-0.2, 0) is 6.54 Å². The number of ether oxygens (including phenoxy) is 1. The number of methoxy groups -OCH3 is 1. The molecular weight excluding hydrogens is 322 g/mol. The van der Waals surface area contributed by atoms with Crippen LogP contribution in [0.2, 0.25) is 0 Å². The number of aromatic nitrogens is 2. The van der Waals surface area contributed by atoms with Crippen LogP contribution in [0, 0.1) is 0 Å². The standard InChI is InChI=1S/C18H19N3O4/c1-23-15-4-2-3-12(7-15)16-8-14(22)9-21(16)10-17-19-18(20-25-17)13-5-6-24-11-13/h2-7,11,14,16,22H,8-10H2,1H3/t14-,16+/m1/s1. The van der Waals surface area contributed by atoms with E-state index in [9.17, 15) is 5.11 Å². The Bertz CT molecular complexity index is 830. The van der Waals surface area contributed by atoms with Crippen LogP contribution < -0.4 is 4.74 Å². The van der Waals surface area contributed by atoms with Crippen LogP contribution in [0.4, 0.5) is 0 Å². The molecule has 7 heteroatoms. The van der Waals surface area contributed by atoms with Gasteiger partial charge in [0.2, 0.25) is 11.7 Å². The number of β-amino-alcohol motifs (C(OH)–C–C–N with tert-alkyl or cyclic N) is 1. The SMILES string of the molecule is COc1cccc([C@@H]2C[C@@H](O)CN2Cc2nc(-c3ccoc3)no2)c1. The van der Waals surface area contributed by atoms with Crippen molar-refractivity contribution in [3.8, 4) is 17.1 Å². The van der Waals surface area contributed by atoms with Gasteiger partial charge in [-0.2, -0.15) is 4.98 Å². The molecule has 0 bridgehead atoms. The Morgan fingerprint density at radius 3 is 3.08 bits per heavy atom. The van der Waals surface area contributed by atoms with Gasteiger partial charge in [0.05, 0.1) is 31.6 Å². The zero-order valence-electron chi connectivity index (χ0n) is 13.8. The molecule has 0 saturated carbocycles. The molecule has 0 aliphatic carbocycles. The largest absolute Gasteiger partial charge is 0.497 e. The summed E-state index contributed by atoms with van der Waals surface area (Å²) in [5.74, 6) is 1.82. The van der Waals surface area contributed by atoms with Crippen molar-refractivity contribution in [2.45, 2.75) is 25.1 Å². The average molecular weight is 341 g/mol. The molecule has 130 valence electrons. The second kappa shape index (κ2) is 6.70. The minimum atomic E-state index is -0.382. The van der Waals surface area contributed by atoms with Gasteiger partial charge in [0.1, 0.15) is 12.0 Å². The summed E-state index contributed by atoms with van der Waals surface area (Å²) < 4.78 is 15.7. The van der Waals surface area contributed by atoms with Crippen LogP contribution in [0.3, 0.4) is 0 Å². The molecule has 1 N–H and O–H groups in total. The Kier molecular flexibility index (Phi) is 4.25. The molecule has 0 radical (unpaired) electrons. The third-order valence-electron chi connectivity index (χ3n) is 4.45. The van der Waals surface area contributed by atoms with Crippen molar-refractivity contribution in [2.75, 3.05) is 13.7 Å². The lowest BCUT2D eigenvalue weighted by molar-refractivity contribution is 0.164. The van der Waals surface area contributed by atoms with Crippen LogP contribution in [0.5, 0.6) is 5.75 Å². The van der Waals surface area contributed by atoms with Crippen LogP contribution in [0.1, 0.15) is 23.9 Å². The molecule has 3 heterocycles. The molecule has 0 amide bonds. The summed E-state index contributed by atoms with van der Waals surface area (Å²) >= 11 is 0. The first-order valence-corrected chi connectivity index (χ1v) is 8.14. The normalized spacial score (nSPS) is 20.9. The van der Waals surface area contributed by atoms with E-state index in [-0.39, 0.29) is 12.1 Å². The zero-order chi connectivity index (χ0) is 17.2. The third kappa shape index (κ3) is 3.29. The molecule has 0 unspecified atom stereocenters. The monoisotopic (exact) mass is 341 g/mol. The lowest BCUT2D eigenvalue weighted by Gasteiger charge is -2.23. The van der Waals surface area contributed by atoms with Gasteiger partial charge in [-0.3, -0.25) is 4.90 Å². The number of likely N-dealkylation sites (tertiary alicyclic amines) is 1. The third-order valence-corrected chi connectivity index (χ3v) is 4.45. The van der Waals surface area contributed by atoms with Crippen LogP contribution >= 0.6 is 0 Å². The van der Waals surface area contributed by atoms with Gasteiger partial charge in [0.15, 0.2) is 0 Å². The second-order valence-electron chi connectivity index (χ2n) is 6.14. The quantitative estimate of drug-likeness (QED) is 0.763. The van der Waals surface area contributed by atoms with Crippen LogP contribution in [0.25, 0.3) is 11.4 Å².